The van der Waals surface area contributed by atoms with Crippen LogP contribution in [0.5, 0.6) is 5.75 Å². The normalized spacial score (nSPS) is 15.8. The Kier molecular flexibility index (Phi) is 5.55. The topological polar surface area (TPSA) is 58.6 Å². The van der Waals surface area contributed by atoms with Crippen LogP contribution in [-0.2, 0) is 4.79 Å². The first kappa shape index (κ1) is 20.1. The van der Waals surface area contributed by atoms with Crippen LogP contribution in [0.3, 0.4) is 0 Å². The fraction of sp³-hybridized carbons (Fsp3) is 0.130. The Bertz CT molecular complexity index is 1120. The summed E-state index contributed by atoms with van der Waals surface area (Å²) in [7, 11) is 1.49. The van der Waals surface area contributed by atoms with Crippen molar-refractivity contribution in [2.24, 2.45) is 0 Å². The van der Waals surface area contributed by atoms with Crippen molar-refractivity contribution in [1.29, 1.82) is 0 Å². The van der Waals surface area contributed by atoms with Gasteiger partial charge in [0.25, 0.3) is 5.91 Å². The monoisotopic (exact) mass is 468 g/mol. The standard InChI is InChI=1S/C23H18BrFN2O3/c1-30-20-5-3-2-4-17(20)23(29)27-13-21(28)26-19-11-8-15(24)12-18(19)22(27)14-6-9-16(25)10-7-14/h2-12,22H,13H2,1H3,(H,26,28)/t22-/m1/s1. The summed E-state index contributed by atoms with van der Waals surface area (Å²) >= 11 is 3.47. The van der Waals surface area contributed by atoms with Gasteiger partial charge in [0.2, 0.25) is 5.91 Å². The molecule has 152 valence electrons. The van der Waals surface area contributed by atoms with Crippen LogP contribution in [0.1, 0.15) is 27.5 Å². The van der Waals surface area contributed by atoms with E-state index in [1.807, 2.05) is 12.1 Å². The average molecular weight is 469 g/mol. The number of fused-ring (bicyclic) bond motifs is 1. The molecule has 0 aromatic heterocycles. The molecule has 1 aliphatic heterocycles. The minimum atomic E-state index is -0.602. The Morgan fingerprint density at radius 3 is 2.60 bits per heavy atom. The highest BCUT2D eigenvalue weighted by Crippen LogP contribution is 2.38. The minimum Gasteiger partial charge on any atom is -0.496 e. The molecule has 5 nitrogen and oxygen atoms in total. The molecule has 0 bridgehead atoms. The van der Waals surface area contributed by atoms with Crippen molar-refractivity contribution >= 4 is 33.4 Å². The molecule has 3 aromatic carbocycles. The number of benzene rings is 3. The van der Waals surface area contributed by atoms with Crippen LogP contribution in [0, 0.1) is 5.82 Å². The molecule has 7 heteroatoms. The maximum absolute atomic E-state index is 13.6. The number of rotatable bonds is 3. The number of carbonyl (C=O) groups is 2. The first-order valence-electron chi connectivity index (χ1n) is 9.26. The van der Waals surface area contributed by atoms with Gasteiger partial charge in [-0.3, -0.25) is 9.59 Å². The van der Waals surface area contributed by atoms with Gasteiger partial charge >= 0.3 is 0 Å². The number of nitrogens with zero attached hydrogens (tertiary/aromatic N) is 1. The number of ether oxygens (including phenoxy) is 1. The molecule has 0 unspecified atom stereocenters. The summed E-state index contributed by atoms with van der Waals surface area (Å²) in [5.41, 5.74) is 2.37. The van der Waals surface area contributed by atoms with Gasteiger partial charge in [-0.1, -0.05) is 40.2 Å². The molecule has 0 aliphatic carbocycles. The molecule has 0 spiro atoms. The second-order valence-electron chi connectivity index (χ2n) is 6.87. The zero-order valence-corrected chi connectivity index (χ0v) is 17.6. The Morgan fingerprint density at radius 2 is 1.87 bits per heavy atom. The van der Waals surface area contributed by atoms with E-state index in [4.69, 9.17) is 4.74 Å². The molecule has 0 fully saturated rings. The smallest absolute Gasteiger partial charge is 0.258 e. The third-order valence-corrected chi connectivity index (χ3v) is 5.49. The van der Waals surface area contributed by atoms with Gasteiger partial charge in [0.05, 0.1) is 18.7 Å². The zero-order chi connectivity index (χ0) is 21.3. The minimum absolute atomic E-state index is 0.161. The fourth-order valence-electron chi connectivity index (χ4n) is 3.65. The molecule has 0 saturated heterocycles. The van der Waals surface area contributed by atoms with Crippen molar-refractivity contribution < 1.29 is 18.7 Å². The maximum Gasteiger partial charge on any atom is 0.258 e. The van der Waals surface area contributed by atoms with Crippen molar-refractivity contribution in [3.8, 4) is 5.75 Å². The molecule has 1 aliphatic rings. The lowest BCUT2D eigenvalue weighted by Crippen LogP contribution is -2.39. The highest BCUT2D eigenvalue weighted by atomic mass is 79.9. The van der Waals surface area contributed by atoms with E-state index in [2.05, 4.69) is 21.2 Å². The van der Waals surface area contributed by atoms with Gasteiger partial charge in [-0.2, -0.15) is 0 Å². The van der Waals surface area contributed by atoms with Gasteiger partial charge in [-0.15, -0.1) is 0 Å². The van der Waals surface area contributed by atoms with E-state index >= 15 is 0 Å². The predicted molar refractivity (Wildman–Crippen MR) is 115 cm³/mol. The SMILES string of the molecule is COc1ccccc1C(=O)N1CC(=O)Nc2ccc(Br)cc2[C@H]1c1ccc(F)cc1. The van der Waals surface area contributed by atoms with Crippen molar-refractivity contribution in [3.05, 3.63) is 93.7 Å². The maximum atomic E-state index is 13.6. The lowest BCUT2D eigenvalue weighted by atomic mass is 9.95. The number of methoxy groups -OCH3 is 1. The number of carbonyl (C=O) groups excluding carboxylic acids is 2. The van der Waals surface area contributed by atoms with E-state index in [9.17, 15) is 14.0 Å². The summed E-state index contributed by atoms with van der Waals surface area (Å²) in [5.74, 6) is -0.630. The van der Waals surface area contributed by atoms with Gasteiger partial charge < -0.3 is 15.0 Å². The van der Waals surface area contributed by atoms with E-state index in [1.54, 1.807) is 42.5 Å². The summed E-state index contributed by atoms with van der Waals surface area (Å²) in [6.45, 7) is -0.161. The Hall–Kier alpha value is -3.19. The molecule has 30 heavy (non-hydrogen) atoms. The van der Waals surface area contributed by atoms with Gasteiger partial charge in [-0.25, -0.2) is 4.39 Å². The van der Waals surface area contributed by atoms with Crippen molar-refractivity contribution in [2.75, 3.05) is 19.0 Å². The Balaban J connectivity index is 1.91. The first-order valence-corrected chi connectivity index (χ1v) is 10.1. The summed E-state index contributed by atoms with van der Waals surface area (Å²) in [4.78, 5) is 27.7. The van der Waals surface area contributed by atoms with E-state index in [0.29, 0.717) is 22.6 Å². The molecule has 0 radical (unpaired) electrons. The molecule has 0 saturated carbocycles. The predicted octanol–water partition coefficient (Wildman–Crippen LogP) is 4.78. The van der Waals surface area contributed by atoms with Crippen molar-refractivity contribution in [1.82, 2.24) is 4.90 Å². The number of nitrogens with one attached hydrogen (secondary N) is 1. The fourth-order valence-corrected chi connectivity index (χ4v) is 4.03. The summed E-state index contributed by atoms with van der Waals surface area (Å²) in [5, 5.41) is 2.87. The number of para-hydroxylation sites is 1. The Labute approximate surface area is 181 Å². The molecule has 2 amide bonds. The van der Waals surface area contributed by atoms with Crippen molar-refractivity contribution in [2.45, 2.75) is 6.04 Å². The molecule has 3 aromatic rings. The largest absolute Gasteiger partial charge is 0.496 e. The third-order valence-electron chi connectivity index (χ3n) is 4.99. The van der Waals surface area contributed by atoms with Crippen LogP contribution in [-0.4, -0.2) is 30.4 Å². The highest BCUT2D eigenvalue weighted by Gasteiger charge is 2.35. The van der Waals surface area contributed by atoms with Gasteiger partial charge in [0, 0.05) is 15.7 Å². The number of halogens is 2. The quantitative estimate of drug-likeness (QED) is 0.601. The Morgan fingerprint density at radius 1 is 1.13 bits per heavy atom. The van der Waals surface area contributed by atoms with Crippen LogP contribution in [0.25, 0.3) is 0 Å². The molecule has 1 N–H and O–H groups in total. The van der Waals surface area contributed by atoms with Crippen LogP contribution in [0.4, 0.5) is 10.1 Å². The third kappa shape index (κ3) is 3.80. The second kappa shape index (κ2) is 8.28. The average Bonchev–Trinajstić information content (AvgIpc) is 2.89. The van der Waals surface area contributed by atoms with Crippen LogP contribution in [0.15, 0.2) is 71.2 Å². The van der Waals surface area contributed by atoms with E-state index in [0.717, 1.165) is 10.0 Å². The van der Waals surface area contributed by atoms with E-state index < -0.39 is 6.04 Å². The lowest BCUT2D eigenvalue weighted by molar-refractivity contribution is -0.117. The van der Waals surface area contributed by atoms with Crippen LogP contribution < -0.4 is 10.1 Å². The van der Waals surface area contributed by atoms with Crippen LogP contribution >= 0.6 is 15.9 Å². The van der Waals surface area contributed by atoms with E-state index in [-0.39, 0.29) is 24.2 Å². The molecule has 1 heterocycles. The number of hydrogen-bond acceptors (Lipinski definition) is 3. The summed E-state index contributed by atoms with van der Waals surface area (Å²) < 4.78 is 19.8. The number of anilines is 1. The van der Waals surface area contributed by atoms with Crippen molar-refractivity contribution in [3.63, 3.8) is 0 Å². The number of hydrogen-bond donors (Lipinski definition) is 1. The summed E-state index contributed by atoms with van der Waals surface area (Å²) in [6.07, 6.45) is 0. The first-order chi connectivity index (χ1) is 14.5. The van der Waals surface area contributed by atoms with Gasteiger partial charge in [0.15, 0.2) is 0 Å². The van der Waals surface area contributed by atoms with Gasteiger partial charge in [-0.05, 0) is 48.0 Å². The molecule has 1 atom stereocenters. The molecular formula is C23H18BrFN2O3. The lowest BCUT2D eigenvalue weighted by Gasteiger charge is -2.31. The zero-order valence-electron chi connectivity index (χ0n) is 16.1. The van der Waals surface area contributed by atoms with E-state index in [1.165, 1.54) is 24.1 Å². The van der Waals surface area contributed by atoms with Gasteiger partial charge in [0.1, 0.15) is 18.1 Å². The second-order valence-corrected chi connectivity index (χ2v) is 7.78. The molecule has 4 rings (SSSR count). The van der Waals surface area contributed by atoms with Crippen LogP contribution in [0.2, 0.25) is 0 Å². The number of amides is 2. The highest BCUT2D eigenvalue weighted by molar-refractivity contribution is 9.10. The molecular weight excluding hydrogens is 451 g/mol. The summed E-state index contributed by atoms with van der Waals surface area (Å²) in [6, 6.07) is 17.7.